The van der Waals surface area contributed by atoms with Crippen molar-refractivity contribution in [2.24, 2.45) is 11.7 Å². The van der Waals surface area contributed by atoms with Crippen LogP contribution in [-0.2, 0) is 16.4 Å². The maximum absolute atomic E-state index is 12.4. The van der Waals surface area contributed by atoms with Crippen LogP contribution in [0.25, 0.3) is 0 Å². The molecular weight excluding hydrogens is 272 g/mol. The second kappa shape index (κ2) is 7.20. The van der Waals surface area contributed by atoms with Crippen LogP contribution in [0.2, 0.25) is 0 Å². The van der Waals surface area contributed by atoms with E-state index in [1.54, 1.807) is 4.31 Å². The van der Waals surface area contributed by atoms with E-state index in [2.05, 4.69) is 0 Å². The summed E-state index contributed by atoms with van der Waals surface area (Å²) in [5.74, 6) is 0.632. The second-order valence-corrected chi connectivity index (χ2v) is 7.58. The van der Waals surface area contributed by atoms with Gasteiger partial charge in [-0.1, -0.05) is 30.3 Å². The Labute approximate surface area is 122 Å². The number of rotatable bonds is 6. The van der Waals surface area contributed by atoms with Gasteiger partial charge in [0.1, 0.15) is 0 Å². The molecule has 2 N–H and O–H groups in total. The van der Waals surface area contributed by atoms with E-state index in [1.165, 1.54) is 0 Å². The predicted molar refractivity (Wildman–Crippen MR) is 81.9 cm³/mol. The predicted octanol–water partition coefficient (Wildman–Crippen LogP) is 1.62. The highest BCUT2D eigenvalue weighted by Gasteiger charge is 2.28. The second-order valence-electron chi connectivity index (χ2n) is 5.50. The van der Waals surface area contributed by atoms with Crippen LogP contribution in [0.1, 0.15) is 24.8 Å². The standard InChI is InChI=1S/C15H24N2O2S/c16-10-8-15-7-4-11-17(13-15)20(18,19)12-9-14-5-2-1-3-6-14/h1-3,5-6,15H,4,7-13,16H2. The summed E-state index contributed by atoms with van der Waals surface area (Å²) in [5.41, 5.74) is 6.66. The summed E-state index contributed by atoms with van der Waals surface area (Å²) < 4.78 is 26.5. The molecule has 1 unspecified atom stereocenters. The van der Waals surface area contributed by atoms with Gasteiger partial charge in [-0.05, 0) is 43.7 Å². The van der Waals surface area contributed by atoms with Crippen LogP contribution < -0.4 is 5.73 Å². The molecule has 1 aliphatic heterocycles. The first-order chi connectivity index (χ1) is 9.62. The lowest BCUT2D eigenvalue weighted by Crippen LogP contribution is -2.41. The highest BCUT2D eigenvalue weighted by Crippen LogP contribution is 2.22. The molecule has 1 saturated heterocycles. The third-order valence-corrected chi connectivity index (χ3v) is 5.78. The molecule has 112 valence electrons. The Hall–Kier alpha value is -0.910. The van der Waals surface area contributed by atoms with E-state index in [-0.39, 0.29) is 5.75 Å². The summed E-state index contributed by atoms with van der Waals surface area (Å²) in [6, 6.07) is 9.78. The van der Waals surface area contributed by atoms with Crippen LogP contribution in [0, 0.1) is 5.92 Å². The molecule has 0 spiro atoms. The number of nitrogens with zero attached hydrogens (tertiary/aromatic N) is 1. The average molecular weight is 296 g/mol. The number of nitrogens with two attached hydrogens (primary N) is 1. The normalized spacial score (nSPS) is 20.9. The molecule has 1 aromatic carbocycles. The maximum Gasteiger partial charge on any atom is 0.214 e. The molecule has 0 radical (unpaired) electrons. The van der Waals surface area contributed by atoms with Gasteiger partial charge in [0.25, 0.3) is 0 Å². The van der Waals surface area contributed by atoms with Gasteiger partial charge in [0.2, 0.25) is 10.0 Å². The van der Waals surface area contributed by atoms with Crippen molar-refractivity contribution in [1.82, 2.24) is 4.31 Å². The zero-order valence-electron chi connectivity index (χ0n) is 11.9. The number of piperidine rings is 1. The smallest absolute Gasteiger partial charge is 0.214 e. The molecule has 0 aromatic heterocycles. The quantitative estimate of drug-likeness (QED) is 0.867. The number of aryl methyl sites for hydroxylation is 1. The van der Waals surface area contributed by atoms with E-state index in [9.17, 15) is 8.42 Å². The zero-order chi connectivity index (χ0) is 14.4. The Kier molecular flexibility index (Phi) is 5.57. The Morgan fingerprint density at radius 3 is 2.70 bits per heavy atom. The van der Waals surface area contributed by atoms with Crippen LogP contribution in [0.5, 0.6) is 0 Å². The van der Waals surface area contributed by atoms with Crippen molar-refractivity contribution in [3.8, 4) is 0 Å². The molecule has 1 aromatic rings. The first-order valence-corrected chi connectivity index (χ1v) is 8.94. The third-order valence-electron chi connectivity index (χ3n) is 3.94. The molecule has 0 aliphatic carbocycles. The van der Waals surface area contributed by atoms with E-state index in [0.717, 1.165) is 24.8 Å². The summed E-state index contributed by atoms with van der Waals surface area (Å²) in [4.78, 5) is 0. The van der Waals surface area contributed by atoms with Crippen molar-refractivity contribution in [3.63, 3.8) is 0 Å². The molecule has 0 saturated carbocycles. The summed E-state index contributed by atoms with van der Waals surface area (Å²) in [6.07, 6.45) is 3.56. The molecule has 1 fully saturated rings. The highest BCUT2D eigenvalue weighted by atomic mass is 32.2. The molecule has 1 aliphatic rings. The molecule has 4 nitrogen and oxygen atoms in total. The monoisotopic (exact) mass is 296 g/mol. The van der Waals surface area contributed by atoms with Crippen molar-refractivity contribution in [1.29, 1.82) is 0 Å². The van der Waals surface area contributed by atoms with Crippen molar-refractivity contribution in [2.45, 2.75) is 25.7 Å². The van der Waals surface area contributed by atoms with Crippen LogP contribution in [0.3, 0.4) is 0 Å². The summed E-state index contributed by atoms with van der Waals surface area (Å²) in [6.45, 7) is 1.95. The minimum atomic E-state index is -3.14. The van der Waals surface area contributed by atoms with Crippen LogP contribution in [-0.4, -0.2) is 38.1 Å². The van der Waals surface area contributed by atoms with Crippen molar-refractivity contribution in [2.75, 3.05) is 25.4 Å². The summed E-state index contributed by atoms with van der Waals surface area (Å²) >= 11 is 0. The van der Waals surface area contributed by atoms with Gasteiger partial charge in [-0.3, -0.25) is 0 Å². The van der Waals surface area contributed by atoms with E-state index in [0.29, 0.717) is 32.0 Å². The Bertz CT molecular complexity index is 500. The molecule has 2 rings (SSSR count). The van der Waals surface area contributed by atoms with Crippen LogP contribution in [0.4, 0.5) is 0 Å². The van der Waals surface area contributed by atoms with E-state index >= 15 is 0 Å². The van der Waals surface area contributed by atoms with Gasteiger partial charge in [-0.2, -0.15) is 0 Å². The molecule has 0 bridgehead atoms. The molecular formula is C15H24N2O2S. The lowest BCUT2D eigenvalue weighted by molar-refractivity contribution is 0.258. The molecule has 1 heterocycles. The molecule has 1 atom stereocenters. The zero-order valence-corrected chi connectivity index (χ0v) is 12.7. The van der Waals surface area contributed by atoms with Crippen molar-refractivity contribution < 1.29 is 8.42 Å². The average Bonchev–Trinajstić information content (AvgIpc) is 2.47. The molecule has 0 amide bonds. The highest BCUT2D eigenvalue weighted by molar-refractivity contribution is 7.89. The fourth-order valence-electron chi connectivity index (χ4n) is 2.77. The summed E-state index contributed by atoms with van der Waals surface area (Å²) in [5, 5.41) is 0. The van der Waals surface area contributed by atoms with Gasteiger partial charge in [0.15, 0.2) is 0 Å². The SMILES string of the molecule is NCCC1CCCN(S(=O)(=O)CCc2ccccc2)C1. The summed E-state index contributed by atoms with van der Waals surface area (Å²) in [7, 11) is -3.14. The first-order valence-electron chi connectivity index (χ1n) is 7.33. The fraction of sp³-hybridized carbons (Fsp3) is 0.600. The van der Waals surface area contributed by atoms with Gasteiger partial charge < -0.3 is 5.73 Å². The van der Waals surface area contributed by atoms with Gasteiger partial charge in [0.05, 0.1) is 5.75 Å². The maximum atomic E-state index is 12.4. The third kappa shape index (κ3) is 4.30. The Morgan fingerprint density at radius 1 is 1.25 bits per heavy atom. The Balaban J connectivity index is 1.92. The lowest BCUT2D eigenvalue weighted by Gasteiger charge is -2.31. The van der Waals surface area contributed by atoms with E-state index in [4.69, 9.17) is 5.73 Å². The minimum absolute atomic E-state index is 0.201. The topological polar surface area (TPSA) is 63.4 Å². The fourth-order valence-corrected chi connectivity index (χ4v) is 4.37. The largest absolute Gasteiger partial charge is 0.330 e. The van der Waals surface area contributed by atoms with Crippen LogP contribution in [0.15, 0.2) is 30.3 Å². The van der Waals surface area contributed by atoms with E-state index < -0.39 is 10.0 Å². The number of benzene rings is 1. The number of hydrogen-bond acceptors (Lipinski definition) is 3. The van der Waals surface area contributed by atoms with Gasteiger partial charge >= 0.3 is 0 Å². The van der Waals surface area contributed by atoms with E-state index in [1.807, 2.05) is 30.3 Å². The minimum Gasteiger partial charge on any atom is -0.330 e. The van der Waals surface area contributed by atoms with Gasteiger partial charge in [-0.25, -0.2) is 12.7 Å². The molecule has 20 heavy (non-hydrogen) atoms. The molecule has 5 heteroatoms. The lowest BCUT2D eigenvalue weighted by atomic mass is 9.96. The van der Waals surface area contributed by atoms with Gasteiger partial charge in [0, 0.05) is 13.1 Å². The van der Waals surface area contributed by atoms with Crippen molar-refractivity contribution >= 4 is 10.0 Å². The number of hydrogen-bond donors (Lipinski definition) is 1. The number of sulfonamides is 1. The van der Waals surface area contributed by atoms with Crippen LogP contribution >= 0.6 is 0 Å². The van der Waals surface area contributed by atoms with Gasteiger partial charge in [-0.15, -0.1) is 0 Å². The first kappa shape index (κ1) is 15.5. The van der Waals surface area contributed by atoms with Crippen molar-refractivity contribution in [3.05, 3.63) is 35.9 Å². The Morgan fingerprint density at radius 2 is 2.00 bits per heavy atom.